The van der Waals surface area contributed by atoms with Crippen LogP contribution in [0.1, 0.15) is 37.8 Å². The molecule has 1 aliphatic carbocycles. The molecular weight excluding hydrogens is 305 g/mol. The zero-order valence-corrected chi connectivity index (χ0v) is 13.1. The highest BCUT2D eigenvalue weighted by molar-refractivity contribution is 6.48. The van der Waals surface area contributed by atoms with Crippen LogP contribution < -0.4 is 5.32 Å². The van der Waals surface area contributed by atoms with Crippen LogP contribution in [0.15, 0.2) is 12.1 Å². The molecule has 0 radical (unpaired) electrons. The molecule has 1 fully saturated rings. The molecule has 0 heterocycles. The summed E-state index contributed by atoms with van der Waals surface area (Å²) in [6, 6.07) is 3.78. The van der Waals surface area contributed by atoms with E-state index in [1.165, 1.54) is 0 Å². The van der Waals surface area contributed by atoms with Crippen molar-refractivity contribution in [3.05, 3.63) is 32.8 Å². The maximum Gasteiger partial charge on any atom is 0.0781 e. The standard InChI is InChI=1S/C14H18Cl3NO/c1-8(18-7-9-2-3-10(19)6-9)11-4-5-12(15)14(17)13(11)16/h4-5,8-10,18-19H,2-3,6-7H2,1H3. The molecule has 0 aromatic heterocycles. The minimum atomic E-state index is -0.129. The van der Waals surface area contributed by atoms with E-state index in [-0.39, 0.29) is 12.1 Å². The zero-order chi connectivity index (χ0) is 14.0. The Labute approximate surface area is 129 Å². The normalized spacial score (nSPS) is 24.7. The van der Waals surface area contributed by atoms with Gasteiger partial charge in [-0.3, -0.25) is 0 Å². The third-order valence-corrected chi connectivity index (χ3v) is 5.07. The number of halogens is 3. The van der Waals surface area contributed by atoms with Crippen LogP contribution in [-0.2, 0) is 0 Å². The van der Waals surface area contributed by atoms with Crippen molar-refractivity contribution in [2.45, 2.75) is 38.3 Å². The monoisotopic (exact) mass is 321 g/mol. The molecule has 1 aromatic rings. The molecule has 1 saturated carbocycles. The first-order valence-corrected chi connectivity index (χ1v) is 7.67. The van der Waals surface area contributed by atoms with Gasteiger partial charge in [0.2, 0.25) is 0 Å². The molecule has 3 unspecified atom stereocenters. The minimum absolute atomic E-state index is 0.111. The molecule has 19 heavy (non-hydrogen) atoms. The largest absolute Gasteiger partial charge is 0.393 e. The van der Waals surface area contributed by atoms with Crippen LogP contribution in [-0.4, -0.2) is 17.8 Å². The van der Waals surface area contributed by atoms with Crippen molar-refractivity contribution in [1.82, 2.24) is 5.32 Å². The van der Waals surface area contributed by atoms with E-state index in [0.717, 1.165) is 31.4 Å². The van der Waals surface area contributed by atoms with Crippen LogP contribution in [0.4, 0.5) is 0 Å². The van der Waals surface area contributed by atoms with Gasteiger partial charge in [0.05, 0.1) is 21.2 Å². The summed E-state index contributed by atoms with van der Waals surface area (Å²) in [7, 11) is 0. The van der Waals surface area contributed by atoms with Crippen molar-refractivity contribution in [3.63, 3.8) is 0 Å². The van der Waals surface area contributed by atoms with E-state index in [1.807, 2.05) is 6.07 Å². The van der Waals surface area contributed by atoms with Gasteiger partial charge in [0.1, 0.15) is 0 Å². The molecule has 3 atom stereocenters. The van der Waals surface area contributed by atoms with Crippen molar-refractivity contribution < 1.29 is 5.11 Å². The fourth-order valence-electron chi connectivity index (χ4n) is 2.56. The summed E-state index contributed by atoms with van der Waals surface area (Å²) in [6.45, 7) is 2.94. The smallest absolute Gasteiger partial charge is 0.0781 e. The number of rotatable bonds is 4. The summed E-state index contributed by atoms with van der Waals surface area (Å²) in [5.41, 5.74) is 0.953. The molecule has 2 rings (SSSR count). The molecule has 0 aliphatic heterocycles. The van der Waals surface area contributed by atoms with Gasteiger partial charge < -0.3 is 10.4 Å². The van der Waals surface area contributed by atoms with Gasteiger partial charge in [-0.05, 0) is 50.3 Å². The average molecular weight is 323 g/mol. The van der Waals surface area contributed by atoms with E-state index in [0.29, 0.717) is 21.0 Å². The molecule has 2 nitrogen and oxygen atoms in total. The van der Waals surface area contributed by atoms with Crippen LogP contribution in [0, 0.1) is 5.92 Å². The minimum Gasteiger partial charge on any atom is -0.393 e. The summed E-state index contributed by atoms with van der Waals surface area (Å²) in [6.07, 6.45) is 2.75. The van der Waals surface area contributed by atoms with Crippen LogP contribution in [0.3, 0.4) is 0 Å². The van der Waals surface area contributed by atoms with Gasteiger partial charge >= 0.3 is 0 Å². The molecule has 0 saturated heterocycles. The Morgan fingerprint density at radius 2 is 2.00 bits per heavy atom. The Hall–Kier alpha value is 0.01000. The zero-order valence-electron chi connectivity index (χ0n) is 10.8. The fraction of sp³-hybridized carbons (Fsp3) is 0.571. The number of aliphatic hydroxyl groups is 1. The maximum absolute atomic E-state index is 9.51. The quantitative estimate of drug-likeness (QED) is 0.802. The Kier molecular flexibility index (Phi) is 5.38. The van der Waals surface area contributed by atoms with Gasteiger partial charge in [0.25, 0.3) is 0 Å². The highest BCUT2D eigenvalue weighted by Gasteiger charge is 2.23. The lowest BCUT2D eigenvalue weighted by Gasteiger charge is -2.19. The van der Waals surface area contributed by atoms with Crippen molar-refractivity contribution in [1.29, 1.82) is 0 Å². The van der Waals surface area contributed by atoms with Crippen molar-refractivity contribution in [3.8, 4) is 0 Å². The van der Waals surface area contributed by atoms with Gasteiger partial charge in [-0.2, -0.15) is 0 Å². The van der Waals surface area contributed by atoms with Crippen molar-refractivity contribution in [2.24, 2.45) is 5.92 Å². The lowest BCUT2D eigenvalue weighted by atomic mass is 10.1. The molecule has 5 heteroatoms. The Morgan fingerprint density at radius 3 is 2.63 bits per heavy atom. The molecule has 0 bridgehead atoms. The number of hydrogen-bond acceptors (Lipinski definition) is 2. The Bertz CT molecular complexity index is 453. The van der Waals surface area contributed by atoms with Gasteiger partial charge in [-0.1, -0.05) is 40.9 Å². The van der Waals surface area contributed by atoms with Gasteiger partial charge in [-0.15, -0.1) is 0 Å². The van der Waals surface area contributed by atoms with E-state index < -0.39 is 0 Å². The predicted octanol–water partition coefficient (Wildman–Crippen LogP) is 4.46. The summed E-state index contributed by atoms with van der Waals surface area (Å²) in [4.78, 5) is 0. The molecule has 1 aromatic carbocycles. The SMILES string of the molecule is CC(NCC1CCC(O)C1)c1ccc(Cl)c(Cl)c1Cl. The third kappa shape index (κ3) is 3.77. The Morgan fingerprint density at radius 1 is 1.26 bits per heavy atom. The summed E-state index contributed by atoms with van der Waals surface area (Å²) in [5.74, 6) is 0.541. The molecule has 0 amide bonds. The number of nitrogens with one attached hydrogen (secondary N) is 1. The first-order chi connectivity index (χ1) is 8.99. The van der Waals surface area contributed by atoms with Gasteiger partial charge in [0.15, 0.2) is 0 Å². The number of aliphatic hydroxyl groups excluding tert-OH is 1. The number of benzene rings is 1. The van der Waals surface area contributed by atoms with E-state index >= 15 is 0 Å². The maximum atomic E-state index is 9.51. The second kappa shape index (κ2) is 6.64. The highest BCUT2D eigenvalue weighted by atomic mass is 35.5. The predicted molar refractivity (Wildman–Crippen MR) is 81.2 cm³/mol. The summed E-state index contributed by atoms with van der Waals surface area (Å²) >= 11 is 18.2. The van der Waals surface area contributed by atoms with E-state index in [4.69, 9.17) is 34.8 Å². The summed E-state index contributed by atoms with van der Waals surface area (Å²) in [5, 5.41) is 14.4. The molecule has 106 valence electrons. The lowest BCUT2D eigenvalue weighted by Crippen LogP contribution is -2.25. The van der Waals surface area contributed by atoms with Crippen LogP contribution in [0.5, 0.6) is 0 Å². The number of hydrogen-bond donors (Lipinski definition) is 2. The summed E-state index contributed by atoms with van der Waals surface area (Å²) < 4.78 is 0. The molecule has 1 aliphatic rings. The molecular formula is C14H18Cl3NO. The van der Waals surface area contributed by atoms with E-state index in [1.54, 1.807) is 6.07 Å². The van der Waals surface area contributed by atoms with Crippen LogP contribution in [0.25, 0.3) is 0 Å². The second-order valence-electron chi connectivity index (χ2n) is 5.23. The molecule has 0 spiro atoms. The lowest BCUT2D eigenvalue weighted by molar-refractivity contribution is 0.177. The third-order valence-electron chi connectivity index (χ3n) is 3.76. The fourth-order valence-corrected chi connectivity index (χ4v) is 3.27. The first kappa shape index (κ1) is 15.4. The van der Waals surface area contributed by atoms with Crippen molar-refractivity contribution >= 4 is 34.8 Å². The average Bonchev–Trinajstić information content (AvgIpc) is 2.79. The van der Waals surface area contributed by atoms with Crippen molar-refractivity contribution in [2.75, 3.05) is 6.54 Å². The Balaban J connectivity index is 1.96. The first-order valence-electron chi connectivity index (χ1n) is 6.54. The highest BCUT2D eigenvalue weighted by Crippen LogP contribution is 2.35. The second-order valence-corrected chi connectivity index (χ2v) is 6.39. The van der Waals surface area contributed by atoms with E-state index in [2.05, 4.69) is 12.2 Å². The van der Waals surface area contributed by atoms with Gasteiger partial charge in [0, 0.05) is 6.04 Å². The van der Waals surface area contributed by atoms with E-state index in [9.17, 15) is 5.11 Å². The van der Waals surface area contributed by atoms with Gasteiger partial charge in [-0.25, -0.2) is 0 Å². The van der Waals surface area contributed by atoms with Crippen LogP contribution in [0.2, 0.25) is 15.1 Å². The van der Waals surface area contributed by atoms with Crippen LogP contribution >= 0.6 is 34.8 Å². The molecule has 2 N–H and O–H groups in total. The topological polar surface area (TPSA) is 32.3 Å².